The van der Waals surface area contributed by atoms with Crippen molar-refractivity contribution in [2.24, 2.45) is 0 Å². The highest BCUT2D eigenvalue weighted by Gasteiger charge is 2.27. The third-order valence-corrected chi connectivity index (χ3v) is 1.74. The predicted molar refractivity (Wildman–Crippen MR) is 46.0 cm³/mol. The third-order valence-electron chi connectivity index (χ3n) is 1.74. The molecular formula is C8H17F2NO2. The van der Waals surface area contributed by atoms with E-state index in [-0.39, 0.29) is 6.04 Å². The Morgan fingerprint density at radius 3 is 2.54 bits per heavy atom. The van der Waals surface area contributed by atoms with Gasteiger partial charge >= 0.3 is 0 Å². The van der Waals surface area contributed by atoms with E-state index in [1.165, 1.54) is 7.11 Å². The summed E-state index contributed by atoms with van der Waals surface area (Å²) in [6.45, 7) is 0.653. The standard InChI is InChI=1S/C8H17F2NO2/c1-3-7(4-13-2)11-5-8(9,10)6-12/h7,11-12H,3-6H2,1-2H3. The lowest BCUT2D eigenvalue weighted by atomic mass is 10.2. The van der Waals surface area contributed by atoms with E-state index in [4.69, 9.17) is 9.84 Å². The Bertz CT molecular complexity index is 133. The summed E-state index contributed by atoms with van der Waals surface area (Å²) in [6, 6.07) is -0.0811. The maximum atomic E-state index is 12.5. The van der Waals surface area contributed by atoms with Gasteiger partial charge < -0.3 is 15.2 Å². The summed E-state index contributed by atoms with van der Waals surface area (Å²) in [4.78, 5) is 0. The van der Waals surface area contributed by atoms with Crippen molar-refractivity contribution in [3.05, 3.63) is 0 Å². The second-order valence-corrected chi connectivity index (χ2v) is 2.96. The highest BCUT2D eigenvalue weighted by molar-refractivity contribution is 4.72. The van der Waals surface area contributed by atoms with Crippen LogP contribution in [0.1, 0.15) is 13.3 Å². The Labute approximate surface area is 77.1 Å². The highest BCUT2D eigenvalue weighted by atomic mass is 19.3. The molecule has 0 saturated heterocycles. The Balaban J connectivity index is 3.70. The second kappa shape index (κ2) is 6.23. The molecule has 0 aliphatic rings. The van der Waals surface area contributed by atoms with Gasteiger partial charge in [-0.05, 0) is 6.42 Å². The monoisotopic (exact) mass is 197 g/mol. The number of methoxy groups -OCH3 is 1. The summed E-state index contributed by atoms with van der Waals surface area (Å²) in [5.41, 5.74) is 0. The molecule has 80 valence electrons. The van der Waals surface area contributed by atoms with Crippen molar-refractivity contribution >= 4 is 0 Å². The Kier molecular flexibility index (Phi) is 6.11. The lowest BCUT2D eigenvalue weighted by molar-refractivity contribution is -0.0507. The fourth-order valence-electron chi connectivity index (χ4n) is 0.872. The SMILES string of the molecule is CCC(COC)NCC(F)(F)CO. The van der Waals surface area contributed by atoms with E-state index < -0.39 is 19.1 Å². The number of alkyl halides is 2. The molecule has 0 amide bonds. The normalized spacial score (nSPS) is 14.5. The smallest absolute Gasteiger partial charge is 0.282 e. The molecule has 1 unspecified atom stereocenters. The first kappa shape index (κ1) is 12.7. The van der Waals surface area contributed by atoms with Gasteiger partial charge in [0.2, 0.25) is 0 Å². The Hall–Kier alpha value is -0.260. The van der Waals surface area contributed by atoms with E-state index in [9.17, 15) is 8.78 Å². The summed E-state index contributed by atoms with van der Waals surface area (Å²) in [5, 5.41) is 10.9. The average Bonchev–Trinajstić information content (AvgIpc) is 2.12. The molecule has 13 heavy (non-hydrogen) atoms. The van der Waals surface area contributed by atoms with Gasteiger partial charge in [-0.3, -0.25) is 0 Å². The number of ether oxygens (including phenoxy) is 1. The predicted octanol–water partition coefficient (Wildman–Crippen LogP) is 0.629. The quantitative estimate of drug-likeness (QED) is 0.629. The van der Waals surface area contributed by atoms with Gasteiger partial charge in [0.1, 0.15) is 6.61 Å². The van der Waals surface area contributed by atoms with Crippen molar-refractivity contribution in [3.63, 3.8) is 0 Å². The van der Waals surface area contributed by atoms with Crippen LogP contribution in [0.4, 0.5) is 8.78 Å². The minimum atomic E-state index is -3.04. The summed E-state index contributed by atoms with van der Waals surface area (Å²) >= 11 is 0. The number of halogens is 2. The number of nitrogens with one attached hydrogen (secondary N) is 1. The zero-order chi connectivity index (χ0) is 10.3. The van der Waals surface area contributed by atoms with Gasteiger partial charge in [0.05, 0.1) is 13.2 Å². The van der Waals surface area contributed by atoms with E-state index in [1.54, 1.807) is 0 Å². The van der Waals surface area contributed by atoms with Crippen LogP contribution in [-0.2, 0) is 4.74 Å². The van der Waals surface area contributed by atoms with Crippen LogP contribution in [0.5, 0.6) is 0 Å². The molecule has 0 bridgehead atoms. The van der Waals surface area contributed by atoms with E-state index >= 15 is 0 Å². The van der Waals surface area contributed by atoms with Gasteiger partial charge in [0.25, 0.3) is 5.92 Å². The topological polar surface area (TPSA) is 41.5 Å². The Morgan fingerprint density at radius 2 is 2.15 bits per heavy atom. The summed E-state index contributed by atoms with van der Waals surface area (Å²) in [7, 11) is 1.52. The molecule has 5 heteroatoms. The number of aliphatic hydroxyl groups is 1. The molecule has 0 aliphatic heterocycles. The highest BCUT2D eigenvalue weighted by Crippen LogP contribution is 2.10. The molecule has 0 aromatic rings. The van der Waals surface area contributed by atoms with E-state index in [0.29, 0.717) is 6.61 Å². The minimum absolute atomic E-state index is 0.0811. The van der Waals surface area contributed by atoms with Crippen molar-refractivity contribution in [2.75, 3.05) is 26.9 Å². The molecule has 0 spiro atoms. The number of rotatable bonds is 7. The van der Waals surface area contributed by atoms with Crippen molar-refractivity contribution in [2.45, 2.75) is 25.3 Å². The average molecular weight is 197 g/mol. The van der Waals surface area contributed by atoms with Gasteiger partial charge in [-0.15, -0.1) is 0 Å². The fraction of sp³-hybridized carbons (Fsp3) is 1.00. The molecule has 2 N–H and O–H groups in total. The molecule has 3 nitrogen and oxygen atoms in total. The van der Waals surface area contributed by atoms with Crippen LogP contribution in [0, 0.1) is 0 Å². The number of hydrogen-bond acceptors (Lipinski definition) is 3. The first-order valence-corrected chi connectivity index (χ1v) is 4.26. The third kappa shape index (κ3) is 5.90. The van der Waals surface area contributed by atoms with Gasteiger partial charge in [-0.2, -0.15) is 0 Å². The summed E-state index contributed by atoms with van der Waals surface area (Å²) < 4.78 is 29.9. The first-order valence-electron chi connectivity index (χ1n) is 4.26. The molecule has 0 rings (SSSR count). The van der Waals surface area contributed by atoms with Gasteiger partial charge in [-0.25, -0.2) is 8.78 Å². The van der Waals surface area contributed by atoms with Crippen molar-refractivity contribution in [3.8, 4) is 0 Å². The zero-order valence-electron chi connectivity index (χ0n) is 8.02. The van der Waals surface area contributed by atoms with E-state index in [2.05, 4.69) is 5.32 Å². The molecular weight excluding hydrogens is 180 g/mol. The van der Waals surface area contributed by atoms with Crippen LogP contribution in [0.15, 0.2) is 0 Å². The number of aliphatic hydroxyl groups excluding tert-OH is 1. The van der Waals surface area contributed by atoms with Gasteiger partial charge in [0.15, 0.2) is 0 Å². The van der Waals surface area contributed by atoms with Crippen molar-refractivity contribution < 1.29 is 18.6 Å². The zero-order valence-corrected chi connectivity index (χ0v) is 8.02. The van der Waals surface area contributed by atoms with Crippen LogP contribution < -0.4 is 5.32 Å². The molecule has 0 aromatic carbocycles. The summed E-state index contributed by atoms with van der Waals surface area (Å²) in [5.74, 6) is -3.04. The first-order chi connectivity index (χ1) is 6.05. The molecule has 0 saturated carbocycles. The van der Waals surface area contributed by atoms with Crippen LogP contribution in [-0.4, -0.2) is 43.9 Å². The van der Waals surface area contributed by atoms with Crippen molar-refractivity contribution in [1.29, 1.82) is 0 Å². The maximum absolute atomic E-state index is 12.5. The van der Waals surface area contributed by atoms with Crippen LogP contribution >= 0.6 is 0 Å². The lowest BCUT2D eigenvalue weighted by Crippen LogP contribution is -2.42. The second-order valence-electron chi connectivity index (χ2n) is 2.96. The molecule has 0 fully saturated rings. The molecule has 0 aliphatic carbocycles. The molecule has 0 aromatic heterocycles. The van der Waals surface area contributed by atoms with E-state index in [0.717, 1.165) is 6.42 Å². The molecule has 1 atom stereocenters. The van der Waals surface area contributed by atoms with Crippen LogP contribution in [0.25, 0.3) is 0 Å². The van der Waals surface area contributed by atoms with Crippen LogP contribution in [0.2, 0.25) is 0 Å². The largest absolute Gasteiger partial charge is 0.390 e. The van der Waals surface area contributed by atoms with Gasteiger partial charge in [0, 0.05) is 13.2 Å². The fourth-order valence-corrected chi connectivity index (χ4v) is 0.872. The van der Waals surface area contributed by atoms with Crippen LogP contribution in [0.3, 0.4) is 0 Å². The molecule has 0 radical (unpaired) electrons. The van der Waals surface area contributed by atoms with Gasteiger partial charge in [-0.1, -0.05) is 6.92 Å². The van der Waals surface area contributed by atoms with Crippen molar-refractivity contribution in [1.82, 2.24) is 5.32 Å². The minimum Gasteiger partial charge on any atom is -0.390 e. The maximum Gasteiger partial charge on any atom is 0.282 e. The number of hydrogen-bond donors (Lipinski definition) is 2. The Morgan fingerprint density at radius 1 is 1.54 bits per heavy atom. The summed E-state index contributed by atoms with van der Waals surface area (Å²) in [6.07, 6.45) is 0.718. The molecule has 0 heterocycles. The van der Waals surface area contributed by atoms with E-state index in [1.807, 2.05) is 6.92 Å². The lowest BCUT2D eigenvalue weighted by Gasteiger charge is -2.19.